The van der Waals surface area contributed by atoms with E-state index in [2.05, 4.69) is 18.1 Å². The van der Waals surface area contributed by atoms with Gasteiger partial charge in [0.15, 0.2) is 11.6 Å². The second-order valence-corrected chi connectivity index (χ2v) is 7.57. The first-order valence-electron chi connectivity index (χ1n) is 10.2. The van der Waals surface area contributed by atoms with Gasteiger partial charge in [0.1, 0.15) is 5.82 Å². The number of rotatable bonds is 10. The quantitative estimate of drug-likeness (QED) is 0.452. The molecule has 1 unspecified atom stereocenters. The second-order valence-electron chi connectivity index (χ2n) is 7.57. The SMILES string of the molecule is C=C/C=C(\C=C)[C@@H](CN(C)C(=O)CC(N)Cc1cc(F)c(F)cc1F)N1CCOCC1. The van der Waals surface area contributed by atoms with Gasteiger partial charge >= 0.3 is 0 Å². The topological polar surface area (TPSA) is 58.8 Å². The summed E-state index contributed by atoms with van der Waals surface area (Å²) in [4.78, 5) is 16.5. The van der Waals surface area contributed by atoms with Crippen molar-refractivity contribution in [1.82, 2.24) is 9.80 Å². The third-order valence-electron chi connectivity index (χ3n) is 5.30. The summed E-state index contributed by atoms with van der Waals surface area (Å²) in [5.41, 5.74) is 6.89. The molecule has 1 saturated heterocycles. The van der Waals surface area contributed by atoms with Crippen LogP contribution < -0.4 is 5.73 Å². The molecule has 1 heterocycles. The van der Waals surface area contributed by atoms with Crippen LogP contribution in [0, 0.1) is 17.5 Å². The third-order valence-corrected chi connectivity index (χ3v) is 5.30. The number of ether oxygens (including phenoxy) is 1. The van der Waals surface area contributed by atoms with E-state index in [1.807, 2.05) is 6.08 Å². The number of benzene rings is 1. The normalized spacial score (nSPS) is 17.1. The summed E-state index contributed by atoms with van der Waals surface area (Å²) in [7, 11) is 1.68. The van der Waals surface area contributed by atoms with Crippen molar-refractivity contribution in [2.45, 2.75) is 24.9 Å². The van der Waals surface area contributed by atoms with Gasteiger partial charge in [0.05, 0.1) is 19.3 Å². The Morgan fingerprint density at radius 3 is 2.48 bits per heavy atom. The fourth-order valence-electron chi connectivity index (χ4n) is 3.59. The molecule has 0 spiro atoms. The van der Waals surface area contributed by atoms with Crippen molar-refractivity contribution >= 4 is 5.91 Å². The number of nitrogens with two attached hydrogens (primary N) is 1. The van der Waals surface area contributed by atoms with Crippen molar-refractivity contribution < 1.29 is 22.7 Å². The summed E-state index contributed by atoms with van der Waals surface area (Å²) in [6.07, 6.45) is 5.16. The van der Waals surface area contributed by atoms with Gasteiger partial charge in [-0.05, 0) is 23.6 Å². The molecule has 0 aromatic heterocycles. The van der Waals surface area contributed by atoms with Crippen LogP contribution in [0.3, 0.4) is 0 Å². The van der Waals surface area contributed by atoms with Crippen molar-refractivity contribution in [1.29, 1.82) is 0 Å². The Bertz CT molecular complexity index is 823. The van der Waals surface area contributed by atoms with E-state index in [9.17, 15) is 18.0 Å². The number of allylic oxidation sites excluding steroid dienone is 2. The lowest BCUT2D eigenvalue weighted by Crippen LogP contribution is -2.50. The molecule has 1 aliphatic rings. The monoisotopic (exact) mass is 437 g/mol. The van der Waals surface area contributed by atoms with Crippen LogP contribution >= 0.6 is 0 Å². The molecule has 31 heavy (non-hydrogen) atoms. The first kappa shape index (κ1) is 24.8. The molecule has 1 aromatic rings. The van der Waals surface area contributed by atoms with Crippen LogP contribution in [0.25, 0.3) is 0 Å². The fraction of sp³-hybridized carbons (Fsp3) is 0.435. The fourth-order valence-corrected chi connectivity index (χ4v) is 3.59. The summed E-state index contributed by atoms with van der Waals surface area (Å²) in [5.74, 6) is -3.51. The number of hydrogen-bond donors (Lipinski definition) is 1. The molecule has 170 valence electrons. The molecule has 1 aromatic carbocycles. The molecule has 2 rings (SSSR count). The van der Waals surface area contributed by atoms with Crippen molar-refractivity contribution in [3.63, 3.8) is 0 Å². The molecule has 2 atom stereocenters. The molecule has 0 saturated carbocycles. The standard InChI is InChI=1S/C23H30F3N3O2/c1-4-6-16(5-2)22(29-7-9-31-10-8-29)15-28(3)23(30)13-18(27)11-17-12-20(25)21(26)14-19(17)24/h4-6,12,14,18,22H,1-2,7-11,13,15,27H2,3H3/b16-6+/t18?,22-/m1/s1. The third kappa shape index (κ3) is 7.05. The molecule has 0 radical (unpaired) electrons. The Hall–Kier alpha value is -2.42. The number of halogens is 3. The molecule has 8 heteroatoms. The smallest absolute Gasteiger partial charge is 0.223 e. The molecule has 1 fully saturated rings. The minimum atomic E-state index is -1.26. The predicted molar refractivity (Wildman–Crippen MR) is 115 cm³/mol. The highest BCUT2D eigenvalue weighted by molar-refractivity contribution is 5.76. The number of likely N-dealkylation sites (N-methyl/N-ethyl adjacent to an activating group) is 1. The van der Waals surface area contributed by atoms with Gasteiger partial charge in [-0.25, -0.2) is 13.2 Å². The van der Waals surface area contributed by atoms with Gasteiger partial charge in [-0.15, -0.1) is 0 Å². The Kier molecular flexibility index (Phi) is 9.48. The largest absolute Gasteiger partial charge is 0.379 e. The maximum Gasteiger partial charge on any atom is 0.223 e. The number of carbonyl (C=O) groups excluding carboxylic acids is 1. The Labute approximate surface area is 181 Å². The average Bonchev–Trinajstić information content (AvgIpc) is 2.74. The zero-order chi connectivity index (χ0) is 23.0. The van der Waals surface area contributed by atoms with E-state index >= 15 is 0 Å². The summed E-state index contributed by atoms with van der Waals surface area (Å²) in [5, 5.41) is 0. The molecule has 2 N–H and O–H groups in total. The first-order valence-corrected chi connectivity index (χ1v) is 10.2. The van der Waals surface area contributed by atoms with Crippen LogP contribution in [-0.2, 0) is 16.0 Å². The van der Waals surface area contributed by atoms with Crippen LogP contribution in [0.5, 0.6) is 0 Å². The number of morpholine rings is 1. The molecular formula is C23H30F3N3O2. The maximum atomic E-state index is 13.9. The van der Waals surface area contributed by atoms with Gasteiger partial charge < -0.3 is 15.4 Å². The maximum absolute atomic E-state index is 13.9. The van der Waals surface area contributed by atoms with Gasteiger partial charge in [-0.2, -0.15) is 0 Å². The van der Waals surface area contributed by atoms with Crippen molar-refractivity contribution in [2.75, 3.05) is 39.9 Å². The number of amides is 1. The van der Waals surface area contributed by atoms with Gasteiger partial charge in [-0.3, -0.25) is 9.69 Å². The van der Waals surface area contributed by atoms with Crippen LogP contribution in [0.1, 0.15) is 12.0 Å². The average molecular weight is 438 g/mol. The van der Waals surface area contributed by atoms with Gasteiger partial charge in [0.2, 0.25) is 5.91 Å². The van der Waals surface area contributed by atoms with Crippen molar-refractivity contribution in [3.05, 3.63) is 72.1 Å². The lowest BCUT2D eigenvalue weighted by molar-refractivity contribution is -0.131. The van der Waals surface area contributed by atoms with Crippen molar-refractivity contribution in [2.24, 2.45) is 5.73 Å². The van der Waals surface area contributed by atoms with Gasteiger partial charge in [-0.1, -0.05) is 31.4 Å². The summed E-state index contributed by atoms with van der Waals surface area (Å²) in [6, 6.07) is 0.442. The van der Waals surface area contributed by atoms with E-state index in [4.69, 9.17) is 10.5 Å². The minimum Gasteiger partial charge on any atom is -0.379 e. The second kappa shape index (κ2) is 11.8. The first-order chi connectivity index (χ1) is 14.8. The summed E-state index contributed by atoms with van der Waals surface area (Å²) < 4.78 is 45.8. The Morgan fingerprint density at radius 1 is 1.23 bits per heavy atom. The lowest BCUT2D eigenvalue weighted by atomic mass is 10.0. The van der Waals surface area contributed by atoms with E-state index in [-0.39, 0.29) is 30.4 Å². The van der Waals surface area contributed by atoms with Crippen LogP contribution in [0.2, 0.25) is 0 Å². The Balaban J connectivity index is 2.04. The lowest BCUT2D eigenvalue weighted by Gasteiger charge is -2.37. The van der Waals surface area contributed by atoms with Crippen LogP contribution in [0.15, 0.2) is 49.1 Å². The summed E-state index contributed by atoms with van der Waals surface area (Å²) >= 11 is 0. The molecule has 1 aliphatic heterocycles. The van der Waals surface area contributed by atoms with E-state index in [1.54, 1.807) is 24.1 Å². The number of carbonyl (C=O) groups is 1. The molecule has 5 nitrogen and oxygen atoms in total. The van der Waals surface area contributed by atoms with Crippen LogP contribution in [0.4, 0.5) is 13.2 Å². The highest BCUT2D eigenvalue weighted by Gasteiger charge is 2.26. The zero-order valence-corrected chi connectivity index (χ0v) is 17.8. The molecule has 0 aliphatic carbocycles. The molecule has 1 amide bonds. The van der Waals surface area contributed by atoms with E-state index in [0.717, 1.165) is 24.7 Å². The molecular weight excluding hydrogens is 407 g/mol. The van der Waals surface area contributed by atoms with E-state index < -0.39 is 23.5 Å². The zero-order valence-electron chi connectivity index (χ0n) is 17.8. The highest BCUT2D eigenvalue weighted by Crippen LogP contribution is 2.18. The van der Waals surface area contributed by atoms with Gasteiger partial charge in [0, 0.05) is 45.2 Å². The Morgan fingerprint density at radius 2 is 1.87 bits per heavy atom. The van der Waals surface area contributed by atoms with E-state index in [1.165, 1.54) is 0 Å². The number of nitrogens with zero attached hydrogens (tertiary/aromatic N) is 2. The predicted octanol–water partition coefficient (Wildman–Crippen LogP) is 2.82. The minimum absolute atomic E-state index is 0.0562. The molecule has 0 bridgehead atoms. The van der Waals surface area contributed by atoms with Crippen LogP contribution in [-0.4, -0.2) is 67.7 Å². The van der Waals surface area contributed by atoms with Gasteiger partial charge in [0.25, 0.3) is 0 Å². The van der Waals surface area contributed by atoms with Crippen molar-refractivity contribution in [3.8, 4) is 0 Å². The van der Waals surface area contributed by atoms with E-state index in [0.29, 0.717) is 25.8 Å². The number of hydrogen-bond acceptors (Lipinski definition) is 4. The highest BCUT2D eigenvalue weighted by atomic mass is 19.2. The summed E-state index contributed by atoms with van der Waals surface area (Å²) in [6.45, 7) is 10.7.